The van der Waals surface area contributed by atoms with E-state index in [0.29, 0.717) is 33.7 Å². The monoisotopic (exact) mass is 484 g/mol. The Bertz CT molecular complexity index is 1410. The number of ether oxygens (including phenoxy) is 1. The number of benzene rings is 3. The molecule has 1 aromatic heterocycles. The number of hydrogen-bond acceptors (Lipinski definition) is 5. The molecule has 2 heterocycles. The summed E-state index contributed by atoms with van der Waals surface area (Å²) in [5, 5.41) is 0.583. The number of aliphatic imine (C=N–C) groups is 1. The summed E-state index contributed by atoms with van der Waals surface area (Å²) in [5.41, 5.74) is 2.34. The van der Waals surface area contributed by atoms with Crippen molar-refractivity contribution in [2.24, 2.45) is 4.99 Å². The highest BCUT2D eigenvalue weighted by Crippen LogP contribution is 2.36. The minimum atomic E-state index is -0.337. The topological polar surface area (TPSA) is 55.0 Å². The van der Waals surface area contributed by atoms with Crippen LogP contribution in [-0.4, -0.2) is 23.1 Å². The third-order valence-electron chi connectivity index (χ3n) is 5.38. The molecule has 7 heteroatoms. The molecule has 1 saturated heterocycles. The molecule has 1 aliphatic rings. The van der Waals surface area contributed by atoms with E-state index >= 15 is 0 Å². The number of para-hydroxylation sites is 1. The van der Waals surface area contributed by atoms with Crippen LogP contribution < -0.4 is 4.74 Å². The summed E-state index contributed by atoms with van der Waals surface area (Å²) >= 11 is 1.29. The van der Waals surface area contributed by atoms with Gasteiger partial charge in [-0.05, 0) is 65.9 Å². The molecule has 5 rings (SSSR count). The summed E-state index contributed by atoms with van der Waals surface area (Å²) in [6.45, 7) is 0.367. The smallest absolute Gasteiger partial charge is 0.267 e. The fourth-order valence-corrected chi connectivity index (χ4v) is 4.59. The van der Waals surface area contributed by atoms with Gasteiger partial charge in [-0.15, -0.1) is 0 Å². The number of amides is 1. The summed E-state index contributed by atoms with van der Waals surface area (Å²) < 4.78 is 24.7. The Morgan fingerprint density at radius 2 is 1.80 bits per heavy atom. The Morgan fingerprint density at radius 1 is 1.00 bits per heavy atom. The van der Waals surface area contributed by atoms with Gasteiger partial charge in [0.15, 0.2) is 5.17 Å². The summed E-state index contributed by atoms with van der Waals surface area (Å²) in [6.07, 6.45) is 1.70. The highest BCUT2D eigenvalue weighted by Gasteiger charge is 2.33. The third-order valence-corrected chi connectivity index (χ3v) is 6.38. The van der Waals surface area contributed by atoms with E-state index in [0.717, 1.165) is 17.0 Å². The molecular formula is C28H21FN2O3S. The van der Waals surface area contributed by atoms with E-state index in [1.807, 2.05) is 54.6 Å². The van der Waals surface area contributed by atoms with Gasteiger partial charge in [0.2, 0.25) is 0 Å². The number of amidine groups is 1. The molecule has 0 N–H and O–H groups in total. The number of methoxy groups -OCH3 is 1. The van der Waals surface area contributed by atoms with Gasteiger partial charge in [0.05, 0.1) is 24.2 Å². The largest absolute Gasteiger partial charge is 0.497 e. The average Bonchev–Trinajstić information content (AvgIpc) is 3.46. The number of carbonyl (C=O) groups is 1. The van der Waals surface area contributed by atoms with Crippen molar-refractivity contribution in [1.29, 1.82) is 0 Å². The zero-order valence-corrected chi connectivity index (χ0v) is 19.7. The maximum Gasteiger partial charge on any atom is 0.267 e. The van der Waals surface area contributed by atoms with Crippen LogP contribution in [-0.2, 0) is 11.3 Å². The van der Waals surface area contributed by atoms with Crippen LogP contribution in [0.4, 0.5) is 10.1 Å². The van der Waals surface area contributed by atoms with E-state index in [-0.39, 0.29) is 11.7 Å². The van der Waals surface area contributed by atoms with Gasteiger partial charge in [-0.2, -0.15) is 0 Å². The molecule has 3 aromatic carbocycles. The van der Waals surface area contributed by atoms with Crippen molar-refractivity contribution in [3.05, 3.63) is 113 Å². The first kappa shape index (κ1) is 22.7. The second-order valence-electron chi connectivity index (χ2n) is 7.79. The van der Waals surface area contributed by atoms with Crippen molar-refractivity contribution in [3.63, 3.8) is 0 Å². The molecule has 0 bridgehead atoms. The SMILES string of the molecule is COc1ccc(CN2C(=O)/C(=C/c3ccc(-c4cccc(F)c4)o3)SC2=Nc2ccccc2)cc1. The molecule has 0 unspecified atom stereocenters. The molecule has 0 saturated carbocycles. The van der Waals surface area contributed by atoms with Gasteiger partial charge in [-0.25, -0.2) is 9.38 Å². The van der Waals surface area contributed by atoms with E-state index in [2.05, 4.69) is 0 Å². The van der Waals surface area contributed by atoms with Crippen LogP contribution in [0, 0.1) is 5.82 Å². The summed E-state index contributed by atoms with van der Waals surface area (Å²) in [5.74, 6) is 1.28. The second kappa shape index (κ2) is 10.0. The molecular weight excluding hydrogens is 463 g/mol. The first-order valence-electron chi connectivity index (χ1n) is 10.9. The lowest BCUT2D eigenvalue weighted by Gasteiger charge is -2.16. The van der Waals surface area contributed by atoms with Crippen molar-refractivity contribution in [3.8, 4) is 17.1 Å². The Morgan fingerprint density at radius 3 is 2.54 bits per heavy atom. The lowest BCUT2D eigenvalue weighted by molar-refractivity contribution is -0.122. The molecule has 1 fully saturated rings. The summed E-state index contributed by atoms with van der Waals surface area (Å²) in [4.78, 5) is 20.3. The molecule has 1 aliphatic heterocycles. The van der Waals surface area contributed by atoms with Crippen molar-refractivity contribution in [2.75, 3.05) is 7.11 Å². The second-order valence-corrected chi connectivity index (χ2v) is 8.80. The maximum atomic E-state index is 13.6. The zero-order chi connectivity index (χ0) is 24.2. The molecule has 0 atom stereocenters. The zero-order valence-electron chi connectivity index (χ0n) is 18.9. The van der Waals surface area contributed by atoms with E-state index in [1.165, 1.54) is 23.9 Å². The van der Waals surface area contributed by atoms with E-state index in [9.17, 15) is 9.18 Å². The molecule has 1 amide bonds. The van der Waals surface area contributed by atoms with Crippen molar-refractivity contribution in [1.82, 2.24) is 4.90 Å². The van der Waals surface area contributed by atoms with Crippen molar-refractivity contribution >= 4 is 34.6 Å². The normalized spacial score (nSPS) is 15.8. The Hall–Kier alpha value is -4.10. The van der Waals surface area contributed by atoms with Gasteiger partial charge in [0.25, 0.3) is 5.91 Å². The molecule has 0 spiro atoms. The van der Waals surface area contributed by atoms with Crippen molar-refractivity contribution < 1.29 is 18.3 Å². The van der Waals surface area contributed by atoms with Crippen molar-refractivity contribution in [2.45, 2.75) is 6.54 Å². The molecule has 0 radical (unpaired) electrons. The van der Waals surface area contributed by atoms with Gasteiger partial charge in [0.1, 0.15) is 23.1 Å². The molecule has 0 aliphatic carbocycles. The van der Waals surface area contributed by atoms with E-state index in [1.54, 1.807) is 42.4 Å². The summed E-state index contributed by atoms with van der Waals surface area (Å²) in [6, 6.07) is 26.8. The molecule has 5 nitrogen and oxygen atoms in total. The van der Waals surface area contributed by atoms with Crippen LogP contribution in [0.2, 0.25) is 0 Å². The van der Waals surface area contributed by atoms with Crippen LogP contribution in [0.3, 0.4) is 0 Å². The Labute approximate surface area is 206 Å². The minimum Gasteiger partial charge on any atom is -0.497 e. The number of thioether (sulfide) groups is 1. The van der Waals surface area contributed by atoms with Gasteiger partial charge in [-0.1, -0.05) is 42.5 Å². The quantitative estimate of drug-likeness (QED) is 0.279. The number of rotatable bonds is 6. The molecule has 4 aromatic rings. The van der Waals surface area contributed by atoms with Crippen LogP contribution >= 0.6 is 11.8 Å². The van der Waals surface area contributed by atoms with Crippen LogP contribution in [0.5, 0.6) is 5.75 Å². The van der Waals surface area contributed by atoms with Gasteiger partial charge in [0, 0.05) is 11.6 Å². The maximum absolute atomic E-state index is 13.6. The number of nitrogens with zero attached hydrogens (tertiary/aromatic N) is 2. The van der Waals surface area contributed by atoms with Crippen LogP contribution in [0.1, 0.15) is 11.3 Å². The van der Waals surface area contributed by atoms with E-state index in [4.69, 9.17) is 14.1 Å². The summed E-state index contributed by atoms with van der Waals surface area (Å²) in [7, 11) is 1.62. The van der Waals surface area contributed by atoms with E-state index < -0.39 is 0 Å². The van der Waals surface area contributed by atoms with Gasteiger partial charge < -0.3 is 9.15 Å². The molecule has 35 heavy (non-hydrogen) atoms. The van der Waals surface area contributed by atoms with Gasteiger partial charge in [-0.3, -0.25) is 9.69 Å². The Kier molecular flexibility index (Phi) is 6.50. The third kappa shape index (κ3) is 5.20. The number of halogens is 1. The number of furan rings is 1. The van der Waals surface area contributed by atoms with Crippen LogP contribution in [0.25, 0.3) is 17.4 Å². The predicted molar refractivity (Wildman–Crippen MR) is 137 cm³/mol. The highest BCUT2D eigenvalue weighted by molar-refractivity contribution is 8.18. The molecule has 174 valence electrons. The Balaban J connectivity index is 1.45. The number of hydrogen-bond donors (Lipinski definition) is 0. The van der Waals surface area contributed by atoms with Gasteiger partial charge >= 0.3 is 0 Å². The van der Waals surface area contributed by atoms with Crippen LogP contribution in [0.15, 0.2) is 105 Å². The number of carbonyl (C=O) groups excluding carboxylic acids is 1. The first-order chi connectivity index (χ1) is 17.1. The minimum absolute atomic E-state index is 0.163. The lowest BCUT2D eigenvalue weighted by Crippen LogP contribution is -2.28. The first-order valence-corrected chi connectivity index (χ1v) is 11.7. The fraction of sp³-hybridized carbons (Fsp3) is 0.0714. The standard InChI is InChI=1S/C28H21FN2O3S/c1-33-23-12-10-19(11-13-23)18-31-27(32)26(35-28(31)30-22-8-3-2-4-9-22)17-24-14-15-25(34-24)20-6-5-7-21(29)16-20/h2-17H,18H2,1H3/b26-17-,30-28?. The predicted octanol–water partition coefficient (Wildman–Crippen LogP) is 6.90. The highest BCUT2D eigenvalue weighted by atomic mass is 32.2. The average molecular weight is 485 g/mol. The lowest BCUT2D eigenvalue weighted by atomic mass is 10.2. The fourth-order valence-electron chi connectivity index (χ4n) is 3.61.